The van der Waals surface area contributed by atoms with Gasteiger partial charge in [-0.3, -0.25) is 9.69 Å². The Balaban J connectivity index is 1.22. The summed E-state index contributed by atoms with van der Waals surface area (Å²) in [7, 11) is 1.49. The molecular formula is C23H24N2O5S2. The number of hydrogen-bond acceptors (Lipinski definition) is 8. The van der Waals surface area contributed by atoms with E-state index in [0.29, 0.717) is 21.5 Å². The van der Waals surface area contributed by atoms with Crippen LogP contribution in [-0.4, -0.2) is 47.2 Å². The van der Waals surface area contributed by atoms with Crippen LogP contribution in [0.1, 0.15) is 24.0 Å². The summed E-state index contributed by atoms with van der Waals surface area (Å²) in [5.74, 6) is 1.92. The van der Waals surface area contributed by atoms with E-state index in [1.807, 2.05) is 18.2 Å². The van der Waals surface area contributed by atoms with Gasteiger partial charge in [-0.05, 0) is 60.9 Å². The lowest BCUT2D eigenvalue weighted by Gasteiger charge is -2.14. The Bertz CT molecular complexity index is 1060. The molecule has 4 rings (SSSR count). The van der Waals surface area contributed by atoms with Crippen LogP contribution in [0.4, 0.5) is 0 Å². The summed E-state index contributed by atoms with van der Waals surface area (Å²) in [6.45, 7) is 2.46. The molecule has 9 heteroatoms. The molecule has 2 aromatic carbocycles. The lowest BCUT2D eigenvalue weighted by molar-refractivity contribution is -0.122. The second kappa shape index (κ2) is 10.2. The molecule has 0 spiro atoms. The number of carbonyl (C=O) groups is 1. The molecule has 168 valence electrons. The molecule has 0 bridgehead atoms. The first-order chi connectivity index (χ1) is 15.5. The standard InChI is InChI=1S/C23H24N2O5S2/c1-28-19-10-15(4-6-17(19)26)12-21-22(27)25(23(31)32-21)9-3-2-8-24-13-16-5-7-18-20(11-16)30-14-29-18/h4-7,10-12,24,26H,2-3,8-9,13-14H2,1H3/b21-12-. The van der Waals surface area contributed by atoms with E-state index in [1.54, 1.807) is 29.2 Å². The number of thiocarbonyl (C=S) groups is 1. The largest absolute Gasteiger partial charge is 0.504 e. The van der Waals surface area contributed by atoms with Crippen LogP contribution in [0.25, 0.3) is 6.08 Å². The normalized spacial score (nSPS) is 16.3. The van der Waals surface area contributed by atoms with Crippen molar-refractivity contribution in [1.82, 2.24) is 10.2 Å². The molecule has 0 unspecified atom stereocenters. The van der Waals surface area contributed by atoms with Crippen molar-refractivity contribution in [3.8, 4) is 23.0 Å². The summed E-state index contributed by atoms with van der Waals surface area (Å²) in [5.41, 5.74) is 1.91. The van der Waals surface area contributed by atoms with Crippen molar-refractivity contribution in [2.24, 2.45) is 0 Å². The first-order valence-electron chi connectivity index (χ1n) is 10.3. The van der Waals surface area contributed by atoms with E-state index in [-0.39, 0.29) is 18.4 Å². The molecule has 2 heterocycles. The molecule has 0 aromatic heterocycles. The Kier molecular flexibility index (Phi) is 7.19. The number of aromatic hydroxyl groups is 1. The lowest BCUT2D eigenvalue weighted by atomic mass is 10.2. The van der Waals surface area contributed by atoms with Gasteiger partial charge in [0.25, 0.3) is 5.91 Å². The van der Waals surface area contributed by atoms with Crippen LogP contribution in [-0.2, 0) is 11.3 Å². The quantitative estimate of drug-likeness (QED) is 0.323. The molecule has 1 fully saturated rings. The molecule has 32 heavy (non-hydrogen) atoms. The zero-order valence-electron chi connectivity index (χ0n) is 17.6. The second-order valence-corrected chi connectivity index (χ2v) is 9.01. The molecule has 0 atom stereocenters. The molecule has 2 N–H and O–H groups in total. The van der Waals surface area contributed by atoms with Gasteiger partial charge in [0.05, 0.1) is 12.0 Å². The highest BCUT2D eigenvalue weighted by Gasteiger charge is 2.31. The monoisotopic (exact) mass is 472 g/mol. The number of methoxy groups -OCH3 is 1. The molecule has 1 amide bonds. The van der Waals surface area contributed by atoms with Gasteiger partial charge in [-0.25, -0.2) is 0 Å². The van der Waals surface area contributed by atoms with Crippen LogP contribution in [0.15, 0.2) is 41.3 Å². The summed E-state index contributed by atoms with van der Waals surface area (Å²) >= 11 is 6.71. The van der Waals surface area contributed by atoms with Gasteiger partial charge >= 0.3 is 0 Å². The summed E-state index contributed by atoms with van der Waals surface area (Å²) in [6, 6.07) is 10.9. The Morgan fingerprint density at radius 3 is 2.91 bits per heavy atom. The Morgan fingerprint density at radius 1 is 1.22 bits per heavy atom. The number of thioether (sulfide) groups is 1. The number of carbonyl (C=O) groups excluding carboxylic acids is 1. The highest BCUT2D eigenvalue weighted by atomic mass is 32.2. The number of rotatable bonds is 9. The van der Waals surface area contributed by atoms with E-state index in [4.69, 9.17) is 26.4 Å². The summed E-state index contributed by atoms with van der Waals surface area (Å²) in [6.07, 6.45) is 3.55. The van der Waals surface area contributed by atoms with E-state index in [9.17, 15) is 9.90 Å². The van der Waals surface area contributed by atoms with Gasteiger partial charge < -0.3 is 24.6 Å². The minimum atomic E-state index is -0.0830. The molecule has 2 aromatic rings. The number of fused-ring (bicyclic) bond motifs is 1. The molecular weight excluding hydrogens is 448 g/mol. The van der Waals surface area contributed by atoms with Crippen molar-refractivity contribution < 1.29 is 24.1 Å². The SMILES string of the molecule is COc1cc(/C=C2\SC(=S)N(CCCCNCc3ccc4c(c3)OCO4)C2=O)ccc1O. The minimum absolute atomic E-state index is 0.0596. The van der Waals surface area contributed by atoms with Gasteiger partial charge in [-0.1, -0.05) is 36.1 Å². The Labute approximate surface area is 196 Å². The number of phenolic OH excluding ortho intramolecular Hbond substituents is 1. The molecule has 7 nitrogen and oxygen atoms in total. The summed E-state index contributed by atoms with van der Waals surface area (Å²) in [5, 5.41) is 13.1. The first-order valence-corrected chi connectivity index (χ1v) is 11.5. The van der Waals surface area contributed by atoms with E-state index < -0.39 is 0 Å². The zero-order chi connectivity index (χ0) is 22.5. The maximum atomic E-state index is 12.8. The predicted octanol–water partition coefficient (Wildman–Crippen LogP) is 3.90. The van der Waals surface area contributed by atoms with Gasteiger partial charge in [0.2, 0.25) is 6.79 Å². The maximum Gasteiger partial charge on any atom is 0.266 e. The van der Waals surface area contributed by atoms with Gasteiger partial charge in [0.1, 0.15) is 4.32 Å². The number of hydrogen-bond donors (Lipinski definition) is 2. The van der Waals surface area contributed by atoms with E-state index in [0.717, 1.165) is 48.6 Å². The Morgan fingerprint density at radius 2 is 2.06 bits per heavy atom. The van der Waals surface area contributed by atoms with E-state index in [2.05, 4.69) is 5.32 Å². The van der Waals surface area contributed by atoms with E-state index >= 15 is 0 Å². The second-order valence-electron chi connectivity index (χ2n) is 7.34. The van der Waals surface area contributed by atoms with Crippen LogP contribution in [0.5, 0.6) is 23.0 Å². The smallest absolute Gasteiger partial charge is 0.266 e. The van der Waals surface area contributed by atoms with Crippen molar-refractivity contribution in [2.75, 3.05) is 27.0 Å². The van der Waals surface area contributed by atoms with Crippen molar-refractivity contribution in [1.29, 1.82) is 0 Å². The average molecular weight is 473 g/mol. The highest BCUT2D eigenvalue weighted by molar-refractivity contribution is 8.26. The minimum Gasteiger partial charge on any atom is -0.504 e. The fourth-order valence-electron chi connectivity index (χ4n) is 3.43. The number of ether oxygens (including phenoxy) is 3. The summed E-state index contributed by atoms with van der Waals surface area (Å²) < 4.78 is 16.4. The van der Waals surface area contributed by atoms with Gasteiger partial charge in [-0.15, -0.1) is 0 Å². The van der Waals surface area contributed by atoms with Gasteiger partial charge in [0.15, 0.2) is 23.0 Å². The highest BCUT2D eigenvalue weighted by Crippen LogP contribution is 2.35. The van der Waals surface area contributed by atoms with Crippen LogP contribution in [0.3, 0.4) is 0 Å². The van der Waals surface area contributed by atoms with Crippen LogP contribution < -0.4 is 19.5 Å². The third-order valence-corrected chi connectivity index (χ3v) is 6.50. The third-order valence-electron chi connectivity index (χ3n) is 5.13. The molecule has 0 radical (unpaired) electrons. The van der Waals surface area contributed by atoms with Crippen molar-refractivity contribution in [3.05, 3.63) is 52.4 Å². The topological polar surface area (TPSA) is 80.3 Å². The number of phenols is 1. The fourth-order valence-corrected chi connectivity index (χ4v) is 4.74. The van der Waals surface area contributed by atoms with Crippen LogP contribution in [0.2, 0.25) is 0 Å². The Hall–Kier alpha value is -2.75. The van der Waals surface area contributed by atoms with E-state index in [1.165, 1.54) is 18.9 Å². The maximum absolute atomic E-state index is 12.8. The molecule has 2 aliphatic rings. The van der Waals surface area contributed by atoms with Gasteiger partial charge in [0, 0.05) is 13.1 Å². The number of amides is 1. The lowest BCUT2D eigenvalue weighted by Crippen LogP contribution is -2.29. The number of nitrogens with zero attached hydrogens (tertiary/aromatic N) is 1. The molecule has 2 aliphatic heterocycles. The molecule has 0 aliphatic carbocycles. The zero-order valence-corrected chi connectivity index (χ0v) is 19.3. The fraction of sp³-hybridized carbons (Fsp3) is 0.304. The van der Waals surface area contributed by atoms with Crippen molar-refractivity contribution in [3.63, 3.8) is 0 Å². The third kappa shape index (κ3) is 5.17. The number of benzene rings is 2. The average Bonchev–Trinajstić information content (AvgIpc) is 3.36. The number of nitrogens with one attached hydrogen (secondary N) is 1. The first kappa shape index (κ1) is 22.4. The summed E-state index contributed by atoms with van der Waals surface area (Å²) in [4.78, 5) is 15.0. The van der Waals surface area contributed by atoms with Crippen LogP contribution >= 0.6 is 24.0 Å². The number of unbranched alkanes of at least 4 members (excludes halogenated alkanes) is 1. The predicted molar refractivity (Wildman–Crippen MR) is 128 cm³/mol. The molecule has 0 saturated carbocycles. The van der Waals surface area contributed by atoms with Crippen molar-refractivity contribution >= 4 is 40.3 Å². The van der Waals surface area contributed by atoms with Crippen molar-refractivity contribution in [2.45, 2.75) is 19.4 Å². The molecule has 1 saturated heterocycles. The van der Waals surface area contributed by atoms with Crippen LogP contribution in [0, 0.1) is 0 Å². The van der Waals surface area contributed by atoms with Gasteiger partial charge in [-0.2, -0.15) is 0 Å².